The van der Waals surface area contributed by atoms with Gasteiger partial charge in [0.15, 0.2) is 9.84 Å². The maximum absolute atomic E-state index is 11.6. The van der Waals surface area contributed by atoms with Crippen molar-refractivity contribution in [3.05, 3.63) is 12.1 Å². The molecule has 1 aromatic rings. The van der Waals surface area contributed by atoms with Crippen molar-refractivity contribution in [2.45, 2.75) is 32.2 Å². The van der Waals surface area contributed by atoms with E-state index in [0.29, 0.717) is 30.4 Å². The van der Waals surface area contributed by atoms with E-state index in [1.165, 1.54) is 0 Å². The molecule has 0 amide bonds. The van der Waals surface area contributed by atoms with Crippen LogP contribution in [0, 0.1) is 0 Å². The van der Waals surface area contributed by atoms with E-state index in [9.17, 15) is 8.42 Å². The van der Waals surface area contributed by atoms with E-state index in [2.05, 4.69) is 10.3 Å². The summed E-state index contributed by atoms with van der Waals surface area (Å²) in [5.41, 5.74) is 5.80. The number of aromatic nitrogens is 1. The molecule has 1 unspecified atom stereocenters. The molecule has 0 bridgehead atoms. The fraction of sp³-hybridized carbons (Fsp3) is 0.615. The van der Waals surface area contributed by atoms with Crippen LogP contribution in [0.1, 0.15) is 26.7 Å². The summed E-state index contributed by atoms with van der Waals surface area (Å²) in [4.78, 5) is 4.31. The third-order valence-corrected chi connectivity index (χ3v) is 5.17. The summed E-state index contributed by atoms with van der Waals surface area (Å²) >= 11 is 0. The molecule has 6 nitrogen and oxygen atoms in total. The summed E-state index contributed by atoms with van der Waals surface area (Å²) in [5.74, 6) is 1.31. The lowest BCUT2D eigenvalue weighted by molar-refractivity contribution is 0.307. The van der Waals surface area contributed by atoms with Gasteiger partial charge in [0.1, 0.15) is 5.82 Å². The van der Waals surface area contributed by atoms with Gasteiger partial charge in [-0.2, -0.15) is 4.98 Å². The third-order valence-electron chi connectivity index (χ3n) is 3.27. The lowest BCUT2D eigenvalue weighted by atomic mass is 10.0. The minimum Gasteiger partial charge on any atom is -0.476 e. The first kappa shape index (κ1) is 14.9. The predicted octanol–water partition coefficient (Wildman–Crippen LogP) is 1.44. The van der Waals surface area contributed by atoms with Crippen molar-refractivity contribution < 1.29 is 13.2 Å². The summed E-state index contributed by atoms with van der Waals surface area (Å²) in [6, 6.07) is 3.46. The van der Waals surface area contributed by atoms with Crippen LogP contribution in [0.5, 0.6) is 5.88 Å². The average molecular weight is 299 g/mol. The number of sulfone groups is 1. The van der Waals surface area contributed by atoms with Crippen molar-refractivity contribution in [3.63, 3.8) is 0 Å². The number of rotatable bonds is 5. The molecule has 20 heavy (non-hydrogen) atoms. The van der Waals surface area contributed by atoms with Gasteiger partial charge in [-0.15, -0.1) is 0 Å². The van der Waals surface area contributed by atoms with Crippen LogP contribution in [0.2, 0.25) is 0 Å². The molecule has 1 aromatic heterocycles. The second-order valence-electron chi connectivity index (χ2n) is 5.47. The second-order valence-corrected chi connectivity index (χ2v) is 7.65. The molecule has 1 aliphatic rings. The molecule has 1 saturated heterocycles. The largest absolute Gasteiger partial charge is 0.476 e. The zero-order chi connectivity index (χ0) is 14.8. The number of anilines is 2. The second kappa shape index (κ2) is 5.47. The molecular weight excluding hydrogens is 278 g/mol. The standard InChI is InChI=1S/C13H21N3O3S/c1-3-7-19-12-10(14)4-5-11(15-12)16-13(2)6-8-20(17,18)9-13/h4-5H,3,6-9,14H2,1-2H3,(H,15,16). The Bertz CT molecular complexity index is 589. The molecule has 2 rings (SSSR count). The van der Waals surface area contributed by atoms with Crippen LogP contribution in [-0.4, -0.2) is 37.1 Å². The first-order chi connectivity index (χ1) is 9.34. The minimum atomic E-state index is -2.95. The summed E-state index contributed by atoms with van der Waals surface area (Å²) in [6.45, 7) is 4.44. The van der Waals surface area contributed by atoms with Crippen molar-refractivity contribution in [3.8, 4) is 5.88 Å². The number of nitrogens with zero attached hydrogens (tertiary/aromatic N) is 1. The van der Waals surface area contributed by atoms with Gasteiger partial charge < -0.3 is 15.8 Å². The van der Waals surface area contributed by atoms with Crippen molar-refractivity contribution >= 4 is 21.3 Å². The fourth-order valence-electron chi connectivity index (χ4n) is 2.25. The summed E-state index contributed by atoms with van der Waals surface area (Å²) in [7, 11) is -2.95. The van der Waals surface area contributed by atoms with Crippen LogP contribution in [-0.2, 0) is 9.84 Å². The van der Waals surface area contributed by atoms with Gasteiger partial charge in [-0.1, -0.05) is 6.92 Å². The number of hydrogen-bond acceptors (Lipinski definition) is 6. The summed E-state index contributed by atoms with van der Waals surface area (Å²) < 4.78 is 28.7. The lowest BCUT2D eigenvalue weighted by Gasteiger charge is -2.25. The molecule has 1 aliphatic heterocycles. The van der Waals surface area contributed by atoms with Gasteiger partial charge in [0.05, 0.1) is 29.3 Å². The third kappa shape index (κ3) is 3.53. The zero-order valence-electron chi connectivity index (χ0n) is 11.8. The molecule has 2 heterocycles. The maximum Gasteiger partial charge on any atom is 0.239 e. The molecule has 7 heteroatoms. The number of nitrogens with one attached hydrogen (secondary N) is 1. The van der Waals surface area contributed by atoms with Gasteiger partial charge in [0.25, 0.3) is 0 Å². The van der Waals surface area contributed by atoms with E-state index in [0.717, 1.165) is 6.42 Å². The summed E-state index contributed by atoms with van der Waals surface area (Å²) in [6.07, 6.45) is 1.45. The molecule has 1 atom stereocenters. The highest BCUT2D eigenvalue weighted by Gasteiger charge is 2.38. The summed E-state index contributed by atoms with van der Waals surface area (Å²) in [5, 5.41) is 3.19. The quantitative estimate of drug-likeness (QED) is 0.854. The van der Waals surface area contributed by atoms with Gasteiger partial charge in [-0.3, -0.25) is 0 Å². The van der Waals surface area contributed by atoms with Gasteiger partial charge in [0.2, 0.25) is 5.88 Å². The Kier molecular flexibility index (Phi) is 4.08. The molecule has 0 aromatic carbocycles. The van der Waals surface area contributed by atoms with Gasteiger partial charge in [-0.25, -0.2) is 8.42 Å². The van der Waals surface area contributed by atoms with Crippen LogP contribution in [0.3, 0.4) is 0 Å². The normalized spacial score (nSPS) is 24.5. The highest BCUT2D eigenvalue weighted by molar-refractivity contribution is 7.91. The van der Waals surface area contributed by atoms with Crippen molar-refractivity contribution in [2.24, 2.45) is 0 Å². The predicted molar refractivity (Wildman–Crippen MR) is 79.7 cm³/mol. The average Bonchev–Trinajstić information content (AvgIpc) is 2.64. The Morgan fingerprint density at radius 2 is 2.25 bits per heavy atom. The van der Waals surface area contributed by atoms with Crippen molar-refractivity contribution in [1.82, 2.24) is 4.98 Å². The Hall–Kier alpha value is -1.50. The molecule has 0 saturated carbocycles. The molecule has 112 valence electrons. The molecule has 1 fully saturated rings. The number of nitrogen functional groups attached to an aromatic ring is 1. The fourth-order valence-corrected chi connectivity index (χ4v) is 4.35. The highest BCUT2D eigenvalue weighted by Crippen LogP contribution is 2.28. The van der Waals surface area contributed by atoms with Gasteiger partial charge >= 0.3 is 0 Å². The van der Waals surface area contributed by atoms with Crippen LogP contribution in [0.25, 0.3) is 0 Å². The number of pyridine rings is 1. The molecule has 0 aliphatic carbocycles. The maximum atomic E-state index is 11.6. The molecule has 3 N–H and O–H groups in total. The van der Waals surface area contributed by atoms with E-state index in [1.54, 1.807) is 12.1 Å². The van der Waals surface area contributed by atoms with Crippen molar-refractivity contribution in [2.75, 3.05) is 29.2 Å². The van der Waals surface area contributed by atoms with Crippen LogP contribution in [0.4, 0.5) is 11.5 Å². The van der Waals surface area contributed by atoms with E-state index in [1.807, 2.05) is 13.8 Å². The monoisotopic (exact) mass is 299 g/mol. The van der Waals surface area contributed by atoms with Gasteiger partial charge in [0, 0.05) is 0 Å². The number of nitrogens with two attached hydrogens (primary N) is 1. The SMILES string of the molecule is CCCOc1nc(NC2(C)CCS(=O)(=O)C2)ccc1N. The van der Waals surface area contributed by atoms with E-state index in [-0.39, 0.29) is 11.5 Å². The molecular formula is C13H21N3O3S. The molecule has 0 radical (unpaired) electrons. The van der Waals surface area contributed by atoms with Crippen LogP contribution >= 0.6 is 0 Å². The van der Waals surface area contributed by atoms with E-state index in [4.69, 9.17) is 10.5 Å². The first-order valence-corrected chi connectivity index (χ1v) is 8.54. The van der Waals surface area contributed by atoms with Crippen molar-refractivity contribution in [1.29, 1.82) is 0 Å². The Morgan fingerprint density at radius 3 is 2.85 bits per heavy atom. The molecule has 0 spiro atoms. The topological polar surface area (TPSA) is 94.3 Å². The Morgan fingerprint density at radius 1 is 1.50 bits per heavy atom. The first-order valence-electron chi connectivity index (χ1n) is 6.71. The minimum absolute atomic E-state index is 0.122. The van der Waals surface area contributed by atoms with E-state index >= 15 is 0 Å². The smallest absolute Gasteiger partial charge is 0.239 e. The number of hydrogen-bond donors (Lipinski definition) is 2. The van der Waals surface area contributed by atoms with E-state index < -0.39 is 15.4 Å². The van der Waals surface area contributed by atoms with Crippen LogP contribution in [0.15, 0.2) is 12.1 Å². The van der Waals surface area contributed by atoms with Crippen LogP contribution < -0.4 is 15.8 Å². The van der Waals surface area contributed by atoms with Gasteiger partial charge in [-0.05, 0) is 31.9 Å². The highest BCUT2D eigenvalue weighted by atomic mass is 32.2. The lowest BCUT2D eigenvalue weighted by Crippen LogP contribution is -2.36. The zero-order valence-corrected chi connectivity index (χ0v) is 12.7. The Labute approximate surface area is 119 Å². The Balaban J connectivity index is 2.14. The number of ether oxygens (including phenoxy) is 1.